The maximum absolute atomic E-state index is 4.00. The van der Waals surface area contributed by atoms with E-state index in [-0.39, 0.29) is 22.4 Å². The lowest BCUT2D eigenvalue weighted by molar-refractivity contribution is 1.11. The van der Waals surface area contributed by atoms with Crippen molar-refractivity contribution in [2.24, 2.45) is 4.40 Å². The third kappa shape index (κ3) is 5.46. The van der Waals surface area contributed by atoms with Crippen LogP contribution < -0.4 is 5.32 Å². The molecule has 1 atom stereocenters. The number of hydrogen-bond acceptors (Lipinski definition) is 3. The Morgan fingerprint density at radius 2 is 1.56 bits per heavy atom. The highest BCUT2D eigenvalue weighted by atomic mass is 79.9. The lowest BCUT2D eigenvalue weighted by Crippen LogP contribution is -2.06. The van der Waals surface area contributed by atoms with E-state index in [1.165, 1.54) is 23.1 Å². The molecule has 128 valence electrons. The van der Waals surface area contributed by atoms with Crippen LogP contribution >= 0.6 is 44.9 Å². The van der Waals surface area contributed by atoms with E-state index in [0.717, 1.165) is 15.7 Å². The first-order valence-corrected chi connectivity index (χ1v) is 9.18. The maximum atomic E-state index is 4.00. The van der Waals surface area contributed by atoms with Crippen molar-refractivity contribution in [1.82, 2.24) is 0 Å². The zero-order valence-corrected chi connectivity index (χ0v) is 17.5. The normalized spacial score (nSPS) is 11.2. The fourth-order valence-electron chi connectivity index (χ4n) is 2.46. The van der Waals surface area contributed by atoms with E-state index in [1.54, 1.807) is 0 Å². The molecule has 0 heterocycles. The highest BCUT2D eigenvalue weighted by Gasteiger charge is 2.12. The molecule has 3 aromatic rings. The molecule has 0 radical (unpaired) electrons. The molecule has 2 nitrogen and oxygen atoms in total. The van der Waals surface area contributed by atoms with Gasteiger partial charge in [0.25, 0.3) is 0 Å². The molecular formula is C20H18Br2N2S. The molecule has 3 rings (SSSR count). The molecule has 3 aromatic carbocycles. The summed E-state index contributed by atoms with van der Waals surface area (Å²) in [5.74, 6) is 0. The number of rotatable bonds is 6. The van der Waals surface area contributed by atoms with Gasteiger partial charge in [-0.15, -0.1) is 17.0 Å². The highest BCUT2D eigenvalue weighted by molar-refractivity contribution is 9.10. The Morgan fingerprint density at radius 3 is 2.20 bits per heavy atom. The summed E-state index contributed by atoms with van der Waals surface area (Å²) in [4.78, 5) is 0. The van der Waals surface area contributed by atoms with E-state index >= 15 is 0 Å². The molecule has 0 fully saturated rings. The van der Waals surface area contributed by atoms with Crippen molar-refractivity contribution in [1.29, 1.82) is 0 Å². The minimum Gasteiger partial charge on any atom is -0.368 e. The summed E-state index contributed by atoms with van der Waals surface area (Å²) in [6.07, 6.45) is 0. The molecule has 25 heavy (non-hydrogen) atoms. The number of nitrogens with zero attached hydrogens (tertiary/aromatic N) is 1. The number of hydrogen-bond donors (Lipinski definition) is 1. The van der Waals surface area contributed by atoms with Gasteiger partial charge in [0.2, 0.25) is 0 Å². The molecule has 1 N–H and O–H groups in total. The molecule has 5 heteroatoms. The van der Waals surface area contributed by atoms with Gasteiger partial charge in [0, 0.05) is 22.1 Å². The van der Waals surface area contributed by atoms with E-state index in [9.17, 15) is 0 Å². The summed E-state index contributed by atoms with van der Waals surface area (Å²) in [6, 6.07) is 27.0. The van der Waals surface area contributed by atoms with Gasteiger partial charge in [-0.25, -0.2) is 4.40 Å². The van der Waals surface area contributed by atoms with Crippen LogP contribution in [-0.4, -0.2) is 6.72 Å². The van der Waals surface area contributed by atoms with Crippen LogP contribution in [0.15, 0.2) is 87.7 Å². The van der Waals surface area contributed by atoms with Gasteiger partial charge >= 0.3 is 0 Å². The lowest BCUT2D eigenvalue weighted by atomic mass is 10.0. The summed E-state index contributed by atoms with van der Waals surface area (Å²) in [5.41, 5.74) is 4.62. The predicted molar refractivity (Wildman–Crippen MR) is 120 cm³/mol. The van der Waals surface area contributed by atoms with E-state index in [2.05, 4.69) is 87.0 Å². The van der Waals surface area contributed by atoms with Crippen molar-refractivity contribution in [2.75, 3.05) is 5.32 Å². The SMILES string of the molecule is Br.C=NSC(Nc1cccc(Br)c1)c1ccc(-c2ccccc2)cc1. The van der Waals surface area contributed by atoms with E-state index < -0.39 is 0 Å². The number of nitrogens with one attached hydrogen (secondary N) is 1. The van der Waals surface area contributed by atoms with Crippen LogP contribution in [0, 0.1) is 0 Å². The lowest BCUT2D eigenvalue weighted by Gasteiger charge is -2.18. The molecule has 0 aliphatic heterocycles. The summed E-state index contributed by atoms with van der Waals surface area (Å²) in [6.45, 7) is 3.61. The Hall–Kier alpha value is -1.56. The van der Waals surface area contributed by atoms with Gasteiger partial charge in [-0.1, -0.05) is 76.6 Å². The predicted octanol–water partition coefficient (Wildman–Crippen LogP) is 7.15. The minimum atomic E-state index is 0. The third-order valence-electron chi connectivity index (χ3n) is 3.62. The molecule has 0 aromatic heterocycles. The van der Waals surface area contributed by atoms with Gasteiger partial charge in [-0.3, -0.25) is 0 Å². The molecule has 0 aliphatic rings. The zero-order chi connectivity index (χ0) is 16.8. The molecular weight excluding hydrogens is 460 g/mol. The van der Waals surface area contributed by atoms with Crippen LogP contribution in [0.5, 0.6) is 0 Å². The van der Waals surface area contributed by atoms with Gasteiger partial charge in [-0.2, -0.15) is 0 Å². The first kappa shape index (κ1) is 19.8. The van der Waals surface area contributed by atoms with Gasteiger partial charge in [0.15, 0.2) is 0 Å². The van der Waals surface area contributed by atoms with Crippen LogP contribution in [-0.2, 0) is 0 Å². The second-order valence-electron chi connectivity index (χ2n) is 5.26. The Kier molecular flexibility index (Phi) is 7.75. The highest BCUT2D eigenvalue weighted by Crippen LogP contribution is 2.32. The van der Waals surface area contributed by atoms with E-state index in [1.807, 2.05) is 24.3 Å². The van der Waals surface area contributed by atoms with E-state index in [4.69, 9.17) is 0 Å². The molecule has 0 amide bonds. The average Bonchev–Trinajstić information content (AvgIpc) is 2.62. The Bertz CT molecular complexity index is 807. The second kappa shape index (κ2) is 9.80. The first-order valence-electron chi connectivity index (χ1n) is 7.55. The summed E-state index contributed by atoms with van der Waals surface area (Å²) in [7, 11) is 0. The van der Waals surface area contributed by atoms with Crippen LogP contribution in [0.2, 0.25) is 0 Å². The third-order valence-corrected chi connectivity index (χ3v) is 4.87. The van der Waals surface area contributed by atoms with E-state index in [0.29, 0.717) is 0 Å². The summed E-state index contributed by atoms with van der Waals surface area (Å²) < 4.78 is 5.05. The van der Waals surface area contributed by atoms with Crippen molar-refractivity contribution in [3.8, 4) is 11.1 Å². The Balaban J connectivity index is 0.00000225. The quantitative estimate of drug-likeness (QED) is 0.231. The Morgan fingerprint density at radius 1 is 0.880 bits per heavy atom. The second-order valence-corrected chi connectivity index (χ2v) is 7.11. The smallest absolute Gasteiger partial charge is 0.120 e. The first-order chi connectivity index (χ1) is 11.8. The van der Waals surface area contributed by atoms with Crippen LogP contribution in [0.4, 0.5) is 5.69 Å². The number of halogens is 2. The van der Waals surface area contributed by atoms with Crippen molar-refractivity contribution in [3.63, 3.8) is 0 Å². The van der Waals surface area contributed by atoms with Crippen molar-refractivity contribution < 1.29 is 0 Å². The fraction of sp³-hybridized carbons (Fsp3) is 0.0500. The molecule has 0 saturated heterocycles. The van der Waals surface area contributed by atoms with Crippen molar-refractivity contribution in [2.45, 2.75) is 5.37 Å². The van der Waals surface area contributed by atoms with Gasteiger partial charge in [-0.05, 0) is 41.6 Å². The molecule has 1 unspecified atom stereocenters. The molecule has 0 bridgehead atoms. The van der Waals surface area contributed by atoms with Crippen LogP contribution in [0.3, 0.4) is 0 Å². The summed E-state index contributed by atoms with van der Waals surface area (Å²) >= 11 is 4.92. The maximum Gasteiger partial charge on any atom is 0.120 e. The van der Waals surface area contributed by atoms with Gasteiger partial charge < -0.3 is 5.32 Å². The largest absolute Gasteiger partial charge is 0.368 e. The number of benzene rings is 3. The average molecular weight is 478 g/mol. The molecule has 0 aliphatic carbocycles. The van der Waals surface area contributed by atoms with Gasteiger partial charge in [0.1, 0.15) is 5.37 Å². The van der Waals surface area contributed by atoms with Crippen molar-refractivity contribution in [3.05, 3.63) is 88.9 Å². The topological polar surface area (TPSA) is 24.4 Å². The fourth-order valence-corrected chi connectivity index (χ4v) is 3.47. The number of anilines is 1. The molecule has 0 saturated carbocycles. The standard InChI is InChI=1S/C20H17BrN2S.BrH/c1-22-24-20(23-19-9-5-8-18(21)14-19)17-12-10-16(11-13-17)15-6-3-2-4-7-15;/h2-14,20,23H,1H2;1H. The minimum absolute atomic E-state index is 0. The monoisotopic (exact) mass is 476 g/mol. The summed E-state index contributed by atoms with van der Waals surface area (Å²) in [5, 5.41) is 3.51. The van der Waals surface area contributed by atoms with Crippen LogP contribution in [0.1, 0.15) is 10.9 Å². The molecule has 0 spiro atoms. The zero-order valence-electron chi connectivity index (χ0n) is 13.4. The van der Waals surface area contributed by atoms with Crippen LogP contribution in [0.25, 0.3) is 11.1 Å². The van der Waals surface area contributed by atoms with Gasteiger partial charge in [0.05, 0.1) is 0 Å². The Labute approximate surface area is 171 Å². The van der Waals surface area contributed by atoms with Crippen molar-refractivity contribution >= 4 is 57.3 Å².